The number of nitrogens with one attached hydrogen (secondary N) is 1. The number of pyridine rings is 1. The van der Waals surface area contributed by atoms with E-state index in [-0.39, 0.29) is 0 Å². The van der Waals surface area contributed by atoms with Gasteiger partial charge in [0.1, 0.15) is 12.8 Å². The van der Waals surface area contributed by atoms with Crippen molar-refractivity contribution < 1.29 is 14.3 Å². The molecular formula is C20H17Cl2FN2O2. The van der Waals surface area contributed by atoms with Crippen LogP contribution < -0.4 is 5.32 Å². The smallest absolute Gasteiger partial charge is 0.253 e. The van der Waals surface area contributed by atoms with Crippen LogP contribution in [0.25, 0.3) is 21.9 Å². The number of aromatic nitrogens is 1. The van der Waals surface area contributed by atoms with E-state index >= 15 is 0 Å². The molecule has 3 rings (SSSR count). The number of hydrogen-bond donors (Lipinski definition) is 2. The average molecular weight is 407 g/mol. The molecule has 0 bridgehead atoms. The quantitative estimate of drug-likeness (QED) is 0.603. The molecule has 0 saturated carbocycles. The Hall–Kier alpha value is -2.21. The summed E-state index contributed by atoms with van der Waals surface area (Å²) in [4.78, 5) is 14.5. The van der Waals surface area contributed by atoms with Gasteiger partial charge in [0.05, 0.1) is 6.04 Å². The van der Waals surface area contributed by atoms with Gasteiger partial charge in [0, 0.05) is 23.3 Å². The van der Waals surface area contributed by atoms with E-state index in [1.165, 1.54) is 0 Å². The first-order valence-electron chi connectivity index (χ1n) is 8.27. The number of amides is 1. The van der Waals surface area contributed by atoms with Crippen molar-refractivity contribution >= 4 is 39.9 Å². The summed E-state index contributed by atoms with van der Waals surface area (Å²) in [5, 5.41) is 14.8. The molecule has 0 aliphatic rings. The fourth-order valence-corrected chi connectivity index (χ4v) is 3.01. The number of rotatable bonds is 6. The summed E-state index contributed by atoms with van der Waals surface area (Å²) in [5.41, 5.74) is 2.34. The van der Waals surface area contributed by atoms with E-state index in [4.69, 9.17) is 23.2 Å². The molecule has 0 saturated heterocycles. The number of fused-ring (bicyclic) bond motifs is 1. The van der Waals surface area contributed by atoms with Gasteiger partial charge in [-0.1, -0.05) is 71.7 Å². The molecule has 0 spiro atoms. The van der Waals surface area contributed by atoms with Crippen LogP contribution in [0.5, 0.6) is 0 Å². The van der Waals surface area contributed by atoms with Gasteiger partial charge >= 0.3 is 0 Å². The Labute approximate surface area is 165 Å². The minimum Gasteiger partial charge on any atom is -0.386 e. The molecule has 140 valence electrons. The van der Waals surface area contributed by atoms with Crippen LogP contribution in [0.3, 0.4) is 0 Å². The maximum Gasteiger partial charge on any atom is 0.253 e. The van der Waals surface area contributed by atoms with Gasteiger partial charge in [-0.05, 0) is 16.5 Å². The van der Waals surface area contributed by atoms with E-state index in [1.54, 1.807) is 24.5 Å². The van der Waals surface area contributed by atoms with E-state index in [0.717, 1.165) is 21.9 Å². The second kappa shape index (κ2) is 8.65. The molecule has 0 aliphatic carbocycles. The predicted octanol–water partition coefficient (Wildman–Crippen LogP) is 4.19. The molecule has 0 fully saturated rings. The lowest BCUT2D eigenvalue weighted by molar-refractivity contribution is -0.121. The van der Waals surface area contributed by atoms with Crippen LogP contribution in [0.4, 0.5) is 4.39 Å². The van der Waals surface area contributed by atoms with Crippen LogP contribution >= 0.6 is 23.2 Å². The van der Waals surface area contributed by atoms with Crippen LogP contribution in [-0.4, -0.2) is 33.6 Å². The van der Waals surface area contributed by atoms with Crippen LogP contribution in [0.1, 0.15) is 11.7 Å². The van der Waals surface area contributed by atoms with E-state index in [1.807, 2.05) is 36.4 Å². The lowest BCUT2D eigenvalue weighted by atomic mass is 9.97. The van der Waals surface area contributed by atoms with Gasteiger partial charge in [0.15, 0.2) is 4.84 Å². The third-order valence-corrected chi connectivity index (χ3v) is 4.70. The fraction of sp³-hybridized carbons (Fsp3) is 0.200. The lowest BCUT2D eigenvalue weighted by Gasteiger charge is -2.22. The van der Waals surface area contributed by atoms with Crippen LogP contribution in [0.2, 0.25) is 0 Å². The van der Waals surface area contributed by atoms with E-state index in [0.29, 0.717) is 5.56 Å². The third-order valence-electron chi connectivity index (χ3n) is 4.30. The number of alkyl halides is 3. The lowest BCUT2D eigenvalue weighted by Crippen LogP contribution is -2.43. The molecular weight excluding hydrogens is 390 g/mol. The van der Waals surface area contributed by atoms with Crippen molar-refractivity contribution in [3.8, 4) is 11.1 Å². The zero-order valence-electron chi connectivity index (χ0n) is 14.1. The minimum absolute atomic E-state index is 0.468. The molecule has 0 aliphatic heterocycles. The van der Waals surface area contributed by atoms with Gasteiger partial charge in [-0.3, -0.25) is 9.78 Å². The summed E-state index contributed by atoms with van der Waals surface area (Å²) in [7, 11) is 0. The minimum atomic E-state index is -1.33. The summed E-state index contributed by atoms with van der Waals surface area (Å²) in [6.07, 6.45) is 2.34. The van der Waals surface area contributed by atoms with Crippen molar-refractivity contribution in [2.75, 3.05) is 6.67 Å². The monoisotopic (exact) mass is 406 g/mol. The molecule has 4 nitrogen and oxygen atoms in total. The highest BCUT2D eigenvalue weighted by Crippen LogP contribution is 2.29. The highest BCUT2D eigenvalue weighted by molar-refractivity contribution is 6.53. The number of carbonyl (C=O) groups is 1. The number of aliphatic hydroxyl groups is 1. The van der Waals surface area contributed by atoms with Crippen molar-refractivity contribution in [1.82, 2.24) is 10.3 Å². The van der Waals surface area contributed by atoms with E-state index in [2.05, 4.69) is 10.3 Å². The topological polar surface area (TPSA) is 62.2 Å². The largest absolute Gasteiger partial charge is 0.386 e. The van der Waals surface area contributed by atoms with Gasteiger partial charge in [-0.25, -0.2) is 4.39 Å². The first kappa shape index (κ1) is 19.5. The first-order chi connectivity index (χ1) is 13.0. The Balaban J connectivity index is 1.85. The maximum absolute atomic E-state index is 13.3. The second-order valence-electron chi connectivity index (χ2n) is 6.05. The molecule has 7 heteroatoms. The van der Waals surface area contributed by atoms with E-state index in [9.17, 15) is 14.3 Å². The van der Waals surface area contributed by atoms with Gasteiger partial charge < -0.3 is 10.4 Å². The molecule has 1 amide bonds. The van der Waals surface area contributed by atoms with Gasteiger partial charge in [-0.2, -0.15) is 0 Å². The Morgan fingerprint density at radius 1 is 1.11 bits per heavy atom. The zero-order valence-corrected chi connectivity index (χ0v) is 15.7. The Kier molecular flexibility index (Phi) is 6.26. The van der Waals surface area contributed by atoms with Gasteiger partial charge in [-0.15, -0.1) is 0 Å². The maximum atomic E-state index is 13.3. The SMILES string of the molecule is O=C(N[C@H](CF)[C@H](O)c1ccc(-c2cncc3ccccc23)cc1)C(Cl)Cl. The van der Waals surface area contributed by atoms with Crippen LogP contribution in [0, 0.1) is 0 Å². The standard InChI is InChI=1S/C20H17Cl2FN2O2/c21-19(22)20(27)25-17(9-23)18(26)13-7-5-12(6-8-13)16-11-24-10-14-3-1-2-4-15(14)16/h1-8,10-11,17-19,26H,9H2,(H,25,27)/t17-,18-/m1/s1. The molecule has 2 atom stereocenters. The molecule has 3 aromatic rings. The first-order valence-corrected chi connectivity index (χ1v) is 9.14. The van der Waals surface area contributed by atoms with Crippen molar-refractivity contribution in [3.05, 3.63) is 66.5 Å². The van der Waals surface area contributed by atoms with Crippen molar-refractivity contribution in [2.45, 2.75) is 17.0 Å². The average Bonchev–Trinajstić information content (AvgIpc) is 2.71. The molecule has 0 radical (unpaired) electrons. The number of aliphatic hydroxyl groups excluding tert-OH is 1. The molecule has 1 aromatic heterocycles. The Bertz CT molecular complexity index is 929. The van der Waals surface area contributed by atoms with Crippen LogP contribution in [0.15, 0.2) is 60.9 Å². The number of nitrogens with zero attached hydrogens (tertiary/aromatic N) is 1. The van der Waals surface area contributed by atoms with Crippen LogP contribution in [-0.2, 0) is 4.79 Å². The number of hydrogen-bond acceptors (Lipinski definition) is 3. The van der Waals surface area contributed by atoms with Crippen molar-refractivity contribution in [2.24, 2.45) is 0 Å². The molecule has 0 unspecified atom stereocenters. The Morgan fingerprint density at radius 2 is 1.81 bits per heavy atom. The van der Waals surface area contributed by atoms with Gasteiger partial charge in [0.2, 0.25) is 0 Å². The summed E-state index contributed by atoms with van der Waals surface area (Å²) < 4.78 is 13.3. The summed E-state index contributed by atoms with van der Waals surface area (Å²) in [6.45, 7) is -0.956. The number of carbonyl (C=O) groups excluding carboxylic acids is 1. The summed E-state index contributed by atoms with van der Waals surface area (Å²) in [5.74, 6) is -0.751. The third kappa shape index (κ3) is 4.38. The van der Waals surface area contributed by atoms with Gasteiger partial charge in [0.25, 0.3) is 5.91 Å². The normalized spacial score (nSPS) is 13.5. The van der Waals surface area contributed by atoms with Crippen molar-refractivity contribution in [3.63, 3.8) is 0 Å². The second-order valence-corrected chi connectivity index (χ2v) is 7.14. The number of benzene rings is 2. The summed E-state index contributed by atoms with van der Waals surface area (Å²) in [6, 6.07) is 13.8. The molecule has 27 heavy (non-hydrogen) atoms. The van der Waals surface area contributed by atoms with Crippen molar-refractivity contribution in [1.29, 1.82) is 0 Å². The predicted molar refractivity (Wildman–Crippen MR) is 106 cm³/mol. The summed E-state index contributed by atoms with van der Waals surface area (Å²) >= 11 is 10.9. The number of halogens is 3. The zero-order chi connectivity index (χ0) is 19.4. The van der Waals surface area contributed by atoms with E-state index < -0.39 is 29.6 Å². The fourth-order valence-electron chi connectivity index (χ4n) is 2.89. The highest BCUT2D eigenvalue weighted by Gasteiger charge is 2.25. The highest BCUT2D eigenvalue weighted by atomic mass is 35.5. The Morgan fingerprint density at radius 3 is 2.48 bits per heavy atom. The molecule has 1 heterocycles. The molecule has 2 N–H and O–H groups in total. The molecule has 2 aromatic carbocycles.